The first kappa shape index (κ1) is 13.9. The Morgan fingerprint density at radius 2 is 2.05 bits per heavy atom. The fraction of sp³-hybridized carbons (Fsp3) is 0.706. The van der Waals surface area contributed by atoms with Crippen LogP contribution in [-0.2, 0) is 0 Å². The molecule has 0 saturated carbocycles. The van der Waals surface area contributed by atoms with Crippen molar-refractivity contribution in [2.45, 2.75) is 70.5 Å². The van der Waals surface area contributed by atoms with Crippen molar-refractivity contribution in [1.29, 1.82) is 0 Å². The quantitative estimate of drug-likeness (QED) is 0.912. The van der Waals surface area contributed by atoms with Crippen molar-refractivity contribution in [2.75, 3.05) is 11.4 Å². The molecule has 0 aliphatic carbocycles. The first-order chi connectivity index (χ1) is 9.79. The summed E-state index contributed by atoms with van der Waals surface area (Å²) in [6.07, 6.45) is 11.9. The number of nitrogens with one attached hydrogen (secondary N) is 1. The van der Waals surface area contributed by atoms with E-state index in [0.29, 0.717) is 12.1 Å². The highest BCUT2D eigenvalue weighted by molar-refractivity contribution is 5.53. The predicted octanol–water partition coefficient (Wildman–Crippen LogP) is 3.28. The van der Waals surface area contributed by atoms with Crippen LogP contribution in [0.5, 0.6) is 0 Å². The second kappa shape index (κ2) is 6.13. The Morgan fingerprint density at radius 3 is 2.70 bits per heavy atom. The molecule has 2 aliphatic rings. The van der Waals surface area contributed by atoms with Gasteiger partial charge in [0, 0.05) is 24.3 Å². The molecule has 0 spiro atoms. The Hall–Kier alpha value is -1.09. The number of fused-ring (bicyclic) bond motifs is 2. The Morgan fingerprint density at radius 1 is 1.30 bits per heavy atom. The van der Waals surface area contributed by atoms with E-state index in [2.05, 4.69) is 41.3 Å². The molecule has 3 heteroatoms. The average Bonchev–Trinajstić information content (AvgIpc) is 2.45. The van der Waals surface area contributed by atoms with Gasteiger partial charge in [0.2, 0.25) is 0 Å². The predicted molar refractivity (Wildman–Crippen MR) is 84.2 cm³/mol. The van der Waals surface area contributed by atoms with Crippen LogP contribution in [0.25, 0.3) is 0 Å². The van der Waals surface area contributed by atoms with E-state index in [0.717, 1.165) is 12.6 Å². The minimum atomic E-state index is 0.708. The Labute approximate surface area is 122 Å². The lowest BCUT2D eigenvalue weighted by Gasteiger charge is -2.50. The van der Waals surface area contributed by atoms with Gasteiger partial charge in [-0.05, 0) is 63.6 Å². The van der Waals surface area contributed by atoms with Crippen molar-refractivity contribution in [1.82, 2.24) is 10.3 Å². The van der Waals surface area contributed by atoms with E-state index in [4.69, 9.17) is 0 Å². The lowest BCUT2D eigenvalue weighted by atomic mass is 9.81. The van der Waals surface area contributed by atoms with Crippen molar-refractivity contribution >= 4 is 5.69 Å². The molecular weight excluding hydrogens is 246 g/mol. The minimum absolute atomic E-state index is 0.708. The fourth-order valence-electron chi connectivity index (χ4n) is 4.02. The Balaban J connectivity index is 1.78. The zero-order valence-corrected chi connectivity index (χ0v) is 12.8. The van der Waals surface area contributed by atoms with Gasteiger partial charge in [-0.15, -0.1) is 0 Å². The van der Waals surface area contributed by atoms with Crippen molar-refractivity contribution in [3.63, 3.8) is 0 Å². The van der Waals surface area contributed by atoms with Crippen LogP contribution in [0.3, 0.4) is 0 Å². The maximum atomic E-state index is 4.36. The molecule has 3 heterocycles. The number of rotatable bonds is 4. The van der Waals surface area contributed by atoms with Gasteiger partial charge in [-0.25, -0.2) is 0 Å². The highest BCUT2D eigenvalue weighted by atomic mass is 15.2. The molecule has 1 aromatic heterocycles. The number of aryl methyl sites for hydroxylation is 1. The van der Waals surface area contributed by atoms with Gasteiger partial charge in [-0.2, -0.15) is 0 Å². The summed E-state index contributed by atoms with van der Waals surface area (Å²) in [5, 5.41) is 3.74. The molecule has 0 aromatic carbocycles. The third kappa shape index (κ3) is 2.69. The molecule has 2 unspecified atom stereocenters. The SMILES string of the molecule is CCCNC1CC2CCCC(C1)N2c1cnccc1C. The van der Waals surface area contributed by atoms with Crippen molar-refractivity contribution in [2.24, 2.45) is 0 Å². The first-order valence-electron chi connectivity index (χ1n) is 8.22. The van der Waals surface area contributed by atoms with Crippen molar-refractivity contribution in [3.8, 4) is 0 Å². The molecule has 2 atom stereocenters. The molecule has 2 saturated heterocycles. The summed E-state index contributed by atoms with van der Waals surface area (Å²) in [4.78, 5) is 7.05. The van der Waals surface area contributed by atoms with Crippen LogP contribution in [0.15, 0.2) is 18.5 Å². The number of hydrogen-bond acceptors (Lipinski definition) is 3. The van der Waals surface area contributed by atoms with Crippen LogP contribution in [0.1, 0.15) is 51.0 Å². The van der Waals surface area contributed by atoms with E-state index in [1.54, 1.807) is 0 Å². The second-order valence-electron chi connectivity index (χ2n) is 6.43. The summed E-state index contributed by atoms with van der Waals surface area (Å²) >= 11 is 0. The maximum absolute atomic E-state index is 4.36. The molecule has 1 aromatic rings. The number of nitrogens with zero attached hydrogens (tertiary/aromatic N) is 2. The molecule has 1 N–H and O–H groups in total. The Bertz CT molecular complexity index is 432. The van der Waals surface area contributed by atoms with Gasteiger partial charge in [0.15, 0.2) is 0 Å². The van der Waals surface area contributed by atoms with Gasteiger partial charge in [0.1, 0.15) is 0 Å². The van der Waals surface area contributed by atoms with E-state index in [-0.39, 0.29) is 0 Å². The molecule has 0 radical (unpaired) electrons. The summed E-state index contributed by atoms with van der Waals surface area (Å²) < 4.78 is 0. The monoisotopic (exact) mass is 273 g/mol. The fourth-order valence-corrected chi connectivity index (χ4v) is 4.02. The number of aromatic nitrogens is 1. The number of hydrogen-bond donors (Lipinski definition) is 1. The van der Waals surface area contributed by atoms with E-state index in [1.165, 1.54) is 49.8 Å². The van der Waals surface area contributed by atoms with E-state index in [1.807, 2.05) is 6.20 Å². The zero-order valence-electron chi connectivity index (χ0n) is 12.8. The minimum Gasteiger partial charge on any atom is -0.364 e. The summed E-state index contributed by atoms with van der Waals surface area (Å²) in [5.41, 5.74) is 2.74. The van der Waals surface area contributed by atoms with Gasteiger partial charge in [-0.1, -0.05) is 6.92 Å². The van der Waals surface area contributed by atoms with Crippen LogP contribution < -0.4 is 10.2 Å². The second-order valence-corrected chi connectivity index (χ2v) is 6.43. The Kier molecular flexibility index (Phi) is 4.25. The largest absolute Gasteiger partial charge is 0.364 e. The highest BCUT2D eigenvalue weighted by Gasteiger charge is 2.38. The van der Waals surface area contributed by atoms with E-state index in [9.17, 15) is 0 Å². The molecule has 2 fully saturated rings. The van der Waals surface area contributed by atoms with Crippen molar-refractivity contribution < 1.29 is 0 Å². The van der Waals surface area contributed by atoms with Crippen LogP contribution >= 0.6 is 0 Å². The summed E-state index contributed by atoms with van der Waals surface area (Å²) in [6.45, 7) is 5.63. The van der Waals surface area contributed by atoms with Crippen LogP contribution in [0, 0.1) is 6.92 Å². The van der Waals surface area contributed by atoms with E-state index < -0.39 is 0 Å². The number of pyridine rings is 1. The molecule has 2 aliphatic heterocycles. The van der Waals surface area contributed by atoms with Crippen LogP contribution in [0.2, 0.25) is 0 Å². The van der Waals surface area contributed by atoms with Gasteiger partial charge >= 0.3 is 0 Å². The zero-order chi connectivity index (χ0) is 13.9. The van der Waals surface area contributed by atoms with Crippen LogP contribution in [0.4, 0.5) is 5.69 Å². The third-order valence-electron chi connectivity index (χ3n) is 4.95. The molecule has 3 nitrogen and oxygen atoms in total. The van der Waals surface area contributed by atoms with Gasteiger partial charge < -0.3 is 10.2 Å². The van der Waals surface area contributed by atoms with Gasteiger partial charge in [-0.3, -0.25) is 4.98 Å². The highest BCUT2D eigenvalue weighted by Crippen LogP contribution is 2.38. The summed E-state index contributed by atoms with van der Waals surface area (Å²) in [6, 6.07) is 4.28. The lowest BCUT2D eigenvalue weighted by molar-refractivity contribution is 0.245. The molecule has 2 bridgehead atoms. The first-order valence-corrected chi connectivity index (χ1v) is 8.22. The molecule has 110 valence electrons. The van der Waals surface area contributed by atoms with E-state index >= 15 is 0 Å². The lowest BCUT2D eigenvalue weighted by Crippen LogP contribution is -2.56. The standard InChI is InChI=1S/C17H27N3/c1-3-8-19-14-10-15-5-4-6-16(11-14)20(15)17-12-18-9-7-13(17)2/h7,9,12,14-16,19H,3-6,8,10-11H2,1-2H3. The van der Waals surface area contributed by atoms with Crippen LogP contribution in [-0.4, -0.2) is 29.7 Å². The number of piperidine rings is 2. The smallest absolute Gasteiger partial charge is 0.0587 e. The normalized spacial score (nSPS) is 29.5. The molecular formula is C17H27N3. The molecule has 3 rings (SSSR count). The van der Waals surface area contributed by atoms with Gasteiger partial charge in [0.25, 0.3) is 0 Å². The average molecular weight is 273 g/mol. The maximum Gasteiger partial charge on any atom is 0.0587 e. The molecule has 0 amide bonds. The topological polar surface area (TPSA) is 28.2 Å². The van der Waals surface area contributed by atoms with Crippen molar-refractivity contribution in [3.05, 3.63) is 24.0 Å². The van der Waals surface area contributed by atoms with Gasteiger partial charge in [0.05, 0.1) is 11.9 Å². The summed E-state index contributed by atoms with van der Waals surface area (Å²) in [5.74, 6) is 0. The number of anilines is 1. The molecule has 20 heavy (non-hydrogen) atoms. The summed E-state index contributed by atoms with van der Waals surface area (Å²) in [7, 11) is 0. The third-order valence-corrected chi connectivity index (χ3v) is 4.95.